The Hall–Kier alpha value is -2.64. The number of nitriles is 1. The van der Waals surface area contributed by atoms with E-state index in [1.807, 2.05) is 6.07 Å². The Morgan fingerprint density at radius 3 is 2.69 bits per heavy atom. The lowest BCUT2D eigenvalue weighted by atomic mass is 10.2. The van der Waals surface area contributed by atoms with Gasteiger partial charge in [0.2, 0.25) is 5.95 Å². The smallest absolute Gasteiger partial charge is 0.324 e. The molecule has 132 valence electrons. The number of rotatable bonds is 3. The average Bonchev–Trinajstić information content (AvgIpc) is 3.06. The van der Waals surface area contributed by atoms with Gasteiger partial charge in [-0.05, 0) is 40.2 Å². The Morgan fingerprint density at radius 2 is 2.04 bits per heavy atom. The van der Waals surface area contributed by atoms with E-state index in [1.54, 1.807) is 6.07 Å². The Kier molecular flexibility index (Phi) is 4.84. The molecule has 3 rings (SSSR count). The van der Waals surface area contributed by atoms with Crippen LogP contribution in [-0.2, 0) is 6.18 Å². The Labute approximate surface area is 158 Å². The summed E-state index contributed by atoms with van der Waals surface area (Å²) in [5.74, 6) is 0.207. The highest BCUT2D eigenvalue weighted by Gasteiger charge is 2.33. The quantitative estimate of drug-likeness (QED) is 0.634. The molecule has 0 unspecified atom stereocenters. The van der Waals surface area contributed by atoms with E-state index in [2.05, 4.69) is 36.3 Å². The molecule has 0 atom stereocenters. The van der Waals surface area contributed by atoms with Crippen LogP contribution in [0.4, 0.5) is 24.8 Å². The molecule has 0 bridgehead atoms. The molecular weight excluding hydrogens is 437 g/mol. The SMILES string of the molecule is N#Cc1cc(Cl)cc(Nc2ncc(Br)c(-n3ccc(C(F)(F)F)n3)n2)c1. The molecule has 0 fully saturated rings. The Bertz CT molecular complexity index is 1010. The van der Waals surface area contributed by atoms with Gasteiger partial charge >= 0.3 is 6.18 Å². The summed E-state index contributed by atoms with van der Waals surface area (Å²) < 4.78 is 39.5. The average molecular weight is 444 g/mol. The first-order valence-electron chi connectivity index (χ1n) is 6.90. The summed E-state index contributed by atoms with van der Waals surface area (Å²) in [6.07, 6.45) is -2.04. The molecule has 3 aromatic rings. The van der Waals surface area contributed by atoms with Gasteiger partial charge in [0, 0.05) is 23.1 Å². The molecule has 0 saturated carbocycles. The fraction of sp³-hybridized carbons (Fsp3) is 0.0667. The fourth-order valence-electron chi connectivity index (χ4n) is 2.03. The lowest BCUT2D eigenvalue weighted by molar-refractivity contribution is -0.141. The maximum Gasteiger partial charge on any atom is 0.435 e. The van der Waals surface area contributed by atoms with Crippen LogP contribution in [0.5, 0.6) is 0 Å². The third-order valence-corrected chi connectivity index (χ3v) is 3.88. The van der Waals surface area contributed by atoms with Crippen LogP contribution in [0.25, 0.3) is 5.82 Å². The number of hydrogen-bond acceptors (Lipinski definition) is 5. The molecule has 26 heavy (non-hydrogen) atoms. The summed E-state index contributed by atoms with van der Waals surface area (Å²) in [6, 6.07) is 7.39. The maximum atomic E-state index is 12.7. The predicted molar refractivity (Wildman–Crippen MR) is 91.3 cm³/mol. The highest BCUT2D eigenvalue weighted by molar-refractivity contribution is 9.10. The molecule has 0 aliphatic heterocycles. The maximum absolute atomic E-state index is 12.7. The van der Waals surface area contributed by atoms with Crippen molar-refractivity contribution in [2.75, 3.05) is 5.32 Å². The van der Waals surface area contributed by atoms with Gasteiger partial charge in [-0.15, -0.1) is 0 Å². The molecule has 2 aromatic heterocycles. The highest BCUT2D eigenvalue weighted by Crippen LogP contribution is 2.29. The number of aromatic nitrogens is 4. The topological polar surface area (TPSA) is 79.4 Å². The van der Waals surface area contributed by atoms with E-state index in [-0.39, 0.29) is 11.8 Å². The van der Waals surface area contributed by atoms with Crippen molar-refractivity contribution in [2.24, 2.45) is 0 Å². The predicted octanol–water partition coefficient (Wildman–Crippen LogP) is 4.71. The molecule has 11 heteroatoms. The van der Waals surface area contributed by atoms with Crippen molar-refractivity contribution < 1.29 is 13.2 Å². The van der Waals surface area contributed by atoms with Crippen LogP contribution in [0.15, 0.2) is 41.1 Å². The van der Waals surface area contributed by atoms with Crippen LogP contribution in [0.3, 0.4) is 0 Å². The Balaban J connectivity index is 1.95. The van der Waals surface area contributed by atoms with E-state index in [4.69, 9.17) is 16.9 Å². The zero-order valence-corrected chi connectivity index (χ0v) is 14.9. The number of hydrogen-bond donors (Lipinski definition) is 1. The summed E-state index contributed by atoms with van der Waals surface area (Å²) in [5.41, 5.74) is -0.246. The Morgan fingerprint density at radius 1 is 1.27 bits per heavy atom. The first-order valence-corrected chi connectivity index (χ1v) is 8.07. The standard InChI is InChI=1S/C15H7BrClF3N6/c16-11-7-22-14(23-10-4-8(6-21)3-9(17)5-10)24-13(11)26-2-1-12(25-26)15(18,19)20/h1-5,7H,(H,22,23,24). The third-order valence-electron chi connectivity index (χ3n) is 3.11. The number of halogens is 5. The van der Waals surface area contributed by atoms with Crippen LogP contribution < -0.4 is 5.32 Å². The van der Waals surface area contributed by atoms with Gasteiger partial charge in [-0.1, -0.05) is 11.6 Å². The van der Waals surface area contributed by atoms with Gasteiger partial charge in [0.25, 0.3) is 0 Å². The lowest BCUT2D eigenvalue weighted by Crippen LogP contribution is -2.09. The van der Waals surface area contributed by atoms with Gasteiger partial charge in [0.05, 0.1) is 16.1 Å². The molecule has 0 aliphatic carbocycles. The van der Waals surface area contributed by atoms with E-state index in [9.17, 15) is 13.2 Å². The molecule has 1 N–H and O–H groups in total. The van der Waals surface area contributed by atoms with E-state index in [0.717, 1.165) is 16.9 Å². The number of benzene rings is 1. The second-order valence-electron chi connectivity index (χ2n) is 4.97. The van der Waals surface area contributed by atoms with E-state index in [1.165, 1.54) is 18.3 Å². The summed E-state index contributed by atoms with van der Waals surface area (Å²) >= 11 is 9.12. The van der Waals surface area contributed by atoms with Crippen LogP contribution in [0.2, 0.25) is 5.02 Å². The van der Waals surface area contributed by atoms with E-state index >= 15 is 0 Å². The van der Waals surface area contributed by atoms with Crippen molar-refractivity contribution in [3.8, 4) is 11.9 Å². The molecule has 0 amide bonds. The van der Waals surface area contributed by atoms with E-state index < -0.39 is 11.9 Å². The van der Waals surface area contributed by atoms with Crippen molar-refractivity contribution in [1.82, 2.24) is 19.7 Å². The van der Waals surface area contributed by atoms with E-state index in [0.29, 0.717) is 20.7 Å². The highest BCUT2D eigenvalue weighted by atomic mass is 79.9. The zero-order chi connectivity index (χ0) is 18.9. The largest absolute Gasteiger partial charge is 0.435 e. The van der Waals surface area contributed by atoms with Crippen molar-refractivity contribution in [3.63, 3.8) is 0 Å². The van der Waals surface area contributed by atoms with Crippen LogP contribution in [-0.4, -0.2) is 19.7 Å². The van der Waals surface area contributed by atoms with Crippen molar-refractivity contribution in [2.45, 2.75) is 6.18 Å². The fourth-order valence-corrected chi connectivity index (χ4v) is 2.64. The number of nitrogens with zero attached hydrogens (tertiary/aromatic N) is 5. The van der Waals surface area contributed by atoms with Crippen LogP contribution in [0.1, 0.15) is 11.3 Å². The van der Waals surface area contributed by atoms with Gasteiger partial charge in [0.1, 0.15) is 0 Å². The second-order valence-corrected chi connectivity index (χ2v) is 6.26. The lowest BCUT2D eigenvalue weighted by Gasteiger charge is -2.09. The molecule has 2 heterocycles. The number of alkyl halides is 3. The molecule has 0 radical (unpaired) electrons. The normalized spacial score (nSPS) is 11.2. The summed E-state index contributed by atoms with van der Waals surface area (Å²) in [6.45, 7) is 0. The first kappa shape index (κ1) is 18.2. The third kappa shape index (κ3) is 3.95. The minimum Gasteiger partial charge on any atom is -0.324 e. The van der Waals surface area contributed by atoms with Gasteiger partial charge in [-0.25, -0.2) is 9.67 Å². The van der Waals surface area contributed by atoms with Crippen molar-refractivity contribution in [1.29, 1.82) is 5.26 Å². The minimum atomic E-state index is -4.56. The number of nitrogens with one attached hydrogen (secondary N) is 1. The van der Waals surface area contributed by atoms with Crippen LogP contribution in [0, 0.1) is 11.3 Å². The molecule has 6 nitrogen and oxygen atoms in total. The number of anilines is 2. The molecule has 0 spiro atoms. The second kappa shape index (κ2) is 6.93. The van der Waals surface area contributed by atoms with Gasteiger partial charge in [0.15, 0.2) is 11.5 Å². The van der Waals surface area contributed by atoms with Gasteiger partial charge in [-0.2, -0.15) is 28.5 Å². The minimum absolute atomic E-state index is 0.0958. The summed E-state index contributed by atoms with van der Waals surface area (Å²) in [4.78, 5) is 8.20. The molecular formula is C15H7BrClF3N6. The summed E-state index contributed by atoms with van der Waals surface area (Å²) in [7, 11) is 0. The van der Waals surface area contributed by atoms with Crippen molar-refractivity contribution >= 4 is 39.2 Å². The summed E-state index contributed by atoms with van der Waals surface area (Å²) in [5, 5.41) is 15.6. The van der Waals surface area contributed by atoms with Gasteiger partial charge in [-0.3, -0.25) is 0 Å². The van der Waals surface area contributed by atoms with Crippen LogP contribution >= 0.6 is 27.5 Å². The molecule has 0 aliphatic rings. The monoisotopic (exact) mass is 442 g/mol. The molecule has 0 saturated heterocycles. The molecule has 1 aromatic carbocycles. The zero-order valence-electron chi connectivity index (χ0n) is 12.6. The first-order chi connectivity index (χ1) is 12.3. The van der Waals surface area contributed by atoms with Crippen molar-refractivity contribution in [3.05, 3.63) is 57.4 Å². The van der Waals surface area contributed by atoms with Gasteiger partial charge < -0.3 is 5.32 Å².